The van der Waals surface area contributed by atoms with Gasteiger partial charge in [-0.2, -0.15) is 5.10 Å². The zero-order valence-corrected chi connectivity index (χ0v) is 11.8. The Morgan fingerprint density at radius 3 is 3.19 bits per heavy atom. The lowest BCUT2D eigenvalue weighted by Gasteiger charge is -2.09. The first-order chi connectivity index (χ1) is 10.3. The summed E-state index contributed by atoms with van der Waals surface area (Å²) >= 11 is 0. The molecule has 1 unspecified atom stereocenters. The van der Waals surface area contributed by atoms with E-state index in [2.05, 4.69) is 20.7 Å². The highest BCUT2D eigenvalue weighted by Crippen LogP contribution is 2.11. The minimum atomic E-state index is -0.130. The monoisotopic (exact) mass is 285 g/mol. The van der Waals surface area contributed by atoms with Gasteiger partial charge < -0.3 is 10.6 Å². The van der Waals surface area contributed by atoms with E-state index in [1.807, 2.05) is 18.3 Å². The molecule has 0 bridgehead atoms. The molecule has 110 valence electrons. The topological polar surface area (TPSA) is 71.8 Å². The van der Waals surface area contributed by atoms with E-state index in [0.717, 1.165) is 25.2 Å². The molecule has 1 saturated heterocycles. The zero-order chi connectivity index (χ0) is 14.5. The third-order valence-corrected chi connectivity index (χ3v) is 3.75. The summed E-state index contributed by atoms with van der Waals surface area (Å²) in [6.07, 6.45) is 7.38. The fourth-order valence-corrected chi connectivity index (χ4v) is 2.55. The van der Waals surface area contributed by atoms with Crippen molar-refractivity contribution in [3.63, 3.8) is 0 Å². The number of nitrogens with zero attached hydrogens (tertiary/aromatic N) is 3. The average molecular weight is 285 g/mol. The van der Waals surface area contributed by atoms with Crippen LogP contribution < -0.4 is 10.6 Å². The predicted octanol–water partition coefficient (Wildman–Crippen LogP) is 0.997. The summed E-state index contributed by atoms with van der Waals surface area (Å²) in [5.41, 5.74) is 1.26. The molecule has 1 aliphatic rings. The molecule has 0 radical (unpaired) electrons. The number of nitrogens with one attached hydrogen (secondary N) is 2. The zero-order valence-electron chi connectivity index (χ0n) is 11.8. The van der Waals surface area contributed by atoms with Crippen molar-refractivity contribution in [2.24, 2.45) is 5.92 Å². The fourth-order valence-electron chi connectivity index (χ4n) is 2.55. The molecule has 1 amide bonds. The molecule has 0 aromatic carbocycles. The Morgan fingerprint density at radius 2 is 2.43 bits per heavy atom. The minimum Gasteiger partial charge on any atom is -0.351 e. The summed E-state index contributed by atoms with van der Waals surface area (Å²) in [6.45, 7) is 2.84. The smallest absolute Gasteiger partial charge is 0.269 e. The third kappa shape index (κ3) is 3.46. The Bertz CT molecular complexity index is 590. The third-order valence-electron chi connectivity index (χ3n) is 3.75. The molecule has 0 saturated carbocycles. The SMILES string of the molecule is O=C(NCCC1CCNC1)c1cc(-n2cccn2)ccn1. The summed E-state index contributed by atoms with van der Waals surface area (Å²) < 4.78 is 1.71. The Hall–Kier alpha value is -2.21. The van der Waals surface area contributed by atoms with Crippen molar-refractivity contribution in [1.82, 2.24) is 25.4 Å². The molecule has 1 atom stereocenters. The molecule has 3 heterocycles. The van der Waals surface area contributed by atoms with Gasteiger partial charge in [-0.25, -0.2) is 4.68 Å². The van der Waals surface area contributed by atoms with Crippen LogP contribution in [0.25, 0.3) is 5.69 Å². The fraction of sp³-hybridized carbons (Fsp3) is 0.400. The average Bonchev–Trinajstić information content (AvgIpc) is 3.21. The molecule has 0 spiro atoms. The van der Waals surface area contributed by atoms with E-state index in [9.17, 15) is 4.79 Å². The maximum atomic E-state index is 12.1. The molecular weight excluding hydrogens is 266 g/mol. The van der Waals surface area contributed by atoms with Crippen LogP contribution in [-0.2, 0) is 0 Å². The van der Waals surface area contributed by atoms with Gasteiger partial charge in [0, 0.05) is 25.1 Å². The summed E-state index contributed by atoms with van der Waals surface area (Å²) in [6, 6.07) is 5.42. The number of amides is 1. The molecule has 2 N–H and O–H groups in total. The van der Waals surface area contributed by atoms with Crippen molar-refractivity contribution in [2.75, 3.05) is 19.6 Å². The second kappa shape index (κ2) is 6.49. The maximum Gasteiger partial charge on any atom is 0.269 e. The van der Waals surface area contributed by atoms with Crippen molar-refractivity contribution in [3.8, 4) is 5.69 Å². The quantitative estimate of drug-likeness (QED) is 0.859. The molecular formula is C15H19N5O. The largest absolute Gasteiger partial charge is 0.351 e. The number of pyridine rings is 1. The number of aromatic nitrogens is 3. The molecule has 21 heavy (non-hydrogen) atoms. The summed E-state index contributed by atoms with van der Waals surface area (Å²) in [7, 11) is 0. The van der Waals surface area contributed by atoms with Crippen molar-refractivity contribution < 1.29 is 4.79 Å². The van der Waals surface area contributed by atoms with Crippen LogP contribution in [-0.4, -0.2) is 40.3 Å². The lowest BCUT2D eigenvalue weighted by atomic mass is 10.1. The van der Waals surface area contributed by atoms with Gasteiger partial charge in [-0.3, -0.25) is 9.78 Å². The molecule has 6 nitrogen and oxygen atoms in total. The summed E-state index contributed by atoms with van der Waals surface area (Å²) in [4.78, 5) is 16.3. The van der Waals surface area contributed by atoms with E-state index >= 15 is 0 Å². The van der Waals surface area contributed by atoms with E-state index in [1.165, 1.54) is 6.42 Å². The highest BCUT2D eigenvalue weighted by Gasteiger charge is 2.15. The van der Waals surface area contributed by atoms with Gasteiger partial charge in [0.1, 0.15) is 5.69 Å². The van der Waals surface area contributed by atoms with Crippen LogP contribution >= 0.6 is 0 Å². The number of carbonyl (C=O) groups is 1. The second-order valence-corrected chi connectivity index (χ2v) is 5.25. The van der Waals surface area contributed by atoms with Gasteiger partial charge in [0.05, 0.1) is 5.69 Å². The van der Waals surface area contributed by atoms with Gasteiger partial charge in [-0.05, 0) is 50.0 Å². The van der Waals surface area contributed by atoms with E-state index in [-0.39, 0.29) is 5.91 Å². The Morgan fingerprint density at radius 1 is 1.48 bits per heavy atom. The molecule has 0 aliphatic carbocycles. The Balaban J connectivity index is 1.58. The summed E-state index contributed by atoms with van der Waals surface area (Å²) in [5.74, 6) is 0.545. The van der Waals surface area contributed by atoms with Crippen LogP contribution in [0.2, 0.25) is 0 Å². The van der Waals surface area contributed by atoms with Crippen LogP contribution in [0.1, 0.15) is 23.3 Å². The lowest BCUT2D eigenvalue weighted by molar-refractivity contribution is 0.0946. The van der Waals surface area contributed by atoms with Gasteiger partial charge in [0.15, 0.2) is 0 Å². The first-order valence-electron chi connectivity index (χ1n) is 7.28. The number of rotatable bonds is 5. The predicted molar refractivity (Wildman–Crippen MR) is 79.3 cm³/mol. The lowest BCUT2D eigenvalue weighted by Crippen LogP contribution is -2.27. The van der Waals surface area contributed by atoms with Gasteiger partial charge in [-0.15, -0.1) is 0 Å². The standard InChI is InChI=1S/C15H19N5O/c21-15(18-7-3-12-2-6-16-11-12)14-10-13(4-8-17-14)20-9-1-5-19-20/h1,4-5,8-10,12,16H,2-3,6-7,11H2,(H,18,21). The second-order valence-electron chi connectivity index (χ2n) is 5.25. The normalized spacial score (nSPS) is 17.8. The maximum absolute atomic E-state index is 12.1. The van der Waals surface area contributed by atoms with E-state index < -0.39 is 0 Å². The highest BCUT2D eigenvalue weighted by atomic mass is 16.1. The molecule has 3 rings (SSSR count). The van der Waals surface area contributed by atoms with E-state index in [4.69, 9.17) is 0 Å². The van der Waals surface area contributed by atoms with E-state index in [0.29, 0.717) is 18.2 Å². The van der Waals surface area contributed by atoms with Gasteiger partial charge in [-0.1, -0.05) is 0 Å². The van der Waals surface area contributed by atoms with Crippen LogP contribution in [0, 0.1) is 5.92 Å². The molecule has 6 heteroatoms. The van der Waals surface area contributed by atoms with Crippen molar-refractivity contribution in [3.05, 3.63) is 42.5 Å². The minimum absolute atomic E-state index is 0.130. The molecule has 2 aromatic heterocycles. The highest BCUT2D eigenvalue weighted by molar-refractivity contribution is 5.92. The van der Waals surface area contributed by atoms with Crippen LogP contribution in [0.3, 0.4) is 0 Å². The molecule has 1 aliphatic heterocycles. The summed E-state index contributed by atoms with van der Waals surface area (Å²) in [5, 5.41) is 10.4. The Labute approximate surface area is 123 Å². The first kappa shape index (κ1) is 13.8. The number of carbonyl (C=O) groups excluding carboxylic acids is 1. The van der Waals surface area contributed by atoms with Crippen LogP contribution in [0.15, 0.2) is 36.8 Å². The van der Waals surface area contributed by atoms with Crippen molar-refractivity contribution >= 4 is 5.91 Å². The molecule has 1 fully saturated rings. The van der Waals surface area contributed by atoms with Gasteiger partial charge >= 0.3 is 0 Å². The van der Waals surface area contributed by atoms with Crippen LogP contribution in [0.4, 0.5) is 0 Å². The Kier molecular flexibility index (Phi) is 4.25. The number of hydrogen-bond acceptors (Lipinski definition) is 4. The molecule has 2 aromatic rings. The van der Waals surface area contributed by atoms with Crippen molar-refractivity contribution in [1.29, 1.82) is 0 Å². The first-order valence-corrected chi connectivity index (χ1v) is 7.28. The van der Waals surface area contributed by atoms with Gasteiger partial charge in [0.2, 0.25) is 0 Å². The van der Waals surface area contributed by atoms with Gasteiger partial charge in [0.25, 0.3) is 5.91 Å². The van der Waals surface area contributed by atoms with E-state index in [1.54, 1.807) is 23.1 Å². The number of hydrogen-bond donors (Lipinski definition) is 2. The van der Waals surface area contributed by atoms with Crippen LogP contribution in [0.5, 0.6) is 0 Å². The van der Waals surface area contributed by atoms with Crippen molar-refractivity contribution in [2.45, 2.75) is 12.8 Å².